The predicted molar refractivity (Wildman–Crippen MR) is 137 cm³/mol. The fraction of sp³-hybridized carbons (Fsp3) is 0.556. The lowest BCUT2D eigenvalue weighted by Gasteiger charge is -2.32. The third-order valence-corrected chi connectivity index (χ3v) is 6.89. The van der Waals surface area contributed by atoms with Gasteiger partial charge in [0.25, 0.3) is 5.91 Å². The van der Waals surface area contributed by atoms with Crippen molar-refractivity contribution in [2.24, 2.45) is 0 Å². The van der Waals surface area contributed by atoms with Gasteiger partial charge in [-0.05, 0) is 24.8 Å². The first kappa shape index (κ1) is 26.2. The zero-order chi connectivity index (χ0) is 25.0. The molecule has 2 aliphatic heterocycles. The third-order valence-electron chi connectivity index (χ3n) is 6.89. The van der Waals surface area contributed by atoms with Gasteiger partial charge in [0.15, 0.2) is 0 Å². The quantitative estimate of drug-likeness (QED) is 0.510. The molecule has 4 rings (SSSR count). The molecule has 0 saturated carbocycles. The third kappa shape index (κ3) is 8.36. The summed E-state index contributed by atoms with van der Waals surface area (Å²) in [6.45, 7) is 8.11. The first-order valence-corrected chi connectivity index (χ1v) is 13.1. The van der Waals surface area contributed by atoms with Gasteiger partial charge in [-0.1, -0.05) is 30.3 Å². The van der Waals surface area contributed by atoms with Crippen LogP contribution in [0.25, 0.3) is 0 Å². The first-order valence-electron chi connectivity index (χ1n) is 13.1. The van der Waals surface area contributed by atoms with Crippen molar-refractivity contribution >= 4 is 11.8 Å². The van der Waals surface area contributed by atoms with E-state index in [9.17, 15) is 9.59 Å². The van der Waals surface area contributed by atoms with Gasteiger partial charge in [-0.2, -0.15) is 0 Å². The molecular formula is C27H38N6O3. The number of benzene rings is 1. The molecule has 1 aromatic carbocycles. The van der Waals surface area contributed by atoms with E-state index >= 15 is 0 Å². The Bertz CT molecular complexity index is 931. The summed E-state index contributed by atoms with van der Waals surface area (Å²) < 4.78 is 5.41. The summed E-state index contributed by atoms with van der Waals surface area (Å²) in [7, 11) is 0. The van der Waals surface area contributed by atoms with Gasteiger partial charge in [0.05, 0.1) is 19.4 Å². The average Bonchev–Trinajstić information content (AvgIpc) is 2.93. The van der Waals surface area contributed by atoms with E-state index < -0.39 is 0 Å². The normalized spacial score (nSPS) is 17.6. The molecule has 0 atom stereocenters. The minimum atomic E-state index is -0.174. The molecule has 1 aromatic heterocycles. The number of nitrogens with zero attached hydrogens (tertiary/aromatic N) is 5. The van der Waals surface area contributed by atoms with Crippen LogP contribution in [0.1, 0.15) is 41.7 Å². The van der Waals surface area contributed by atoms with Gasteiger partial charge in [0, 0.05) is 77.2 Å². The van der Waals surface area contributed by atoms with Crippen molar-refractivity contribution in [1.29, 1.82) is 0 Å². The summed E-state index contributed by atoms with van der Waals surface area (Å²) in [5.41, 5.74) is 1.64. The maximum atomic E-state index is 13.1. The SMILES string of the molecule is O=C(CCN(CCCN1CCOCC1)C(=O)c1cnccn1)NC1CCN(Cc2ccccc2)CC1. The Morgan fingerprint density at radius 1 is 1.00 bits per heavy atom. The number of hydrogen-bond acceptors (Lipinski definition) is 7. The molecule has 3 heterocycles. The molecule has 9 nitrogen and oxygen atoms in total. The van der Waals surface area contributed by atoms with Crippen LogP contribution in [0.3, 0.4) is 0 Å². The Labute approximate surface area is 213 Å². The van der Waals surface area contributed by atoms with E-state index in [1.54, 1.807) is 11.1 Å². The molecule has 0 radical (unpaired) electrons. The Kier molecular flexibility index (Phi) is 10.2. The predicted octanol–water partition coefficient (Wildman–Crippen LogP) is 1.81. The van der Waals surface area contributed by atoms with E-state index in [1.165, 1.54) is 18.0 Å². The number of rotatable bonds is 11. The van der Waals surface area contributed by atoms with Crippen molar-refractivity contribution < 1.29 is 14.3 Å². The molecule has 194 valence electrons. The molecule has 0 bridgehead atoms. The minimum absolute atomic E-state index is 0.00151. The Morgan fingerprint density at radius 3 is 2.50 bits per heavy atom. The summed E-state index contributed by atoms with van der Waals surface area (Å²) in [6.07, 6.45) is 7.58. The van der Waals surface area contributed by atoms with E-state index in [2.05, 4.69) is 49.4 Å². The number of carbonyl (C=O) groups is 2. The van der Waals surface area contributed by atoms with Gasteiger partial charge >= 0.3 is 0 Å². The summed E-state index contributed by atoms with van der Waals surface area (Å²) in [4.78, 5) is 40.6. The Hall–Kier alpha value is -2.88. The maximum Gasteiger partial charge on any atom is 0.274 e. The molecular weight excluding hydrogens is 456 g/mol. The number of piperidine rings is 1. The van der Waals surface area contributed by atoms with Crippen molar-refractivity contribution in [2.75, 3.05) is 59.0 Å². The lowest BCUT2D eigenvalue weighted by atomic mass is 10.0. The Balaban J connectivity index is 1.22. The highest BCUT2D eigenvalue weighted by atomic mass is 16.5. The Morgan fingerprint density at radius 2 is 1.78 bits per heavy atom. The fourth-order valence-corrected chi connectivity index (χ4v) is 4.81. The molecule has 9 heteroatoms. The molecule has 0 spiro atoms. The molecule has 0 unspecified atom stereocenters. The van der Waals surface area contributed by atoms with Gasteiger partial charge in [0.1, 0.15) is 5.69 Å². The summed E-state index contributed by atoms with van der Waals surface area (Å²) in [6, 6.07) is 10.7. The fourth-order valence-electron chi connectivity index (χ4n) is 4.81. The molecule has 2 saturated heterocycles. The van der Waals surface area contributed by atoms with Crippen LogP contribution in [0, 0.1) is 0 Å². The number of hydrogen-bond donors (Lipinski definition) is 1. The second-order valence-electron chi connectivity index (χ2n) is 9.54. The average molecular weight is 495 g/mol. The van der Waals surface area contributed by atoms with E-state index in [0.717, 1.165) is 71.7 Å². The van der Waals surface area contributed by atoms with E-state index in [4.69, 9.17) is 4.74 Å². The van der Waals surface area contributed by atoms with Crippen LogP contribution in [0.5, 0.6) is 0 Å². The number of ether oxygens (including phenoxy) is 1. The number of morpholine rings is 1. The van der Waals surface area contributed by atoms with E-state index in [1.807, 2.05) is 6.07 Å². The number of aromatic nitrogens is 2. The molecule has 1 N–H and O–H groups in total. The van der Waals surface area contributed by atoms with Crippen molar-refractivity contribution in [3.8, 4) is 0 Å². The largest absolute Gasteiger partial charge is 0.379 e. The molecule has 2 amide bonds. The summed E-state index contributed by atoms with van der Waals surface area (Å²) >= 11 is 0. The maximum absolute atomic E-state index is 13.1. The lowest BCUT2D eigenvalue weighted by molar-refractivity contribution is -0.122. The molecule has 2 aromatic rings. The van der Waals surface area contributed by atoms with Crippen LogP contribution < -0.4 is 5.32 Å². The highest BCUT2D eigenvalue weighted by Crippen LogP contribution is 2.14. The summed E-state index contributed by atoms with van der Waals surface area (Å²) in [5, 5.41) is 3.19. The van der Waals surface area contributed by atoms with Crippen LogP contribution in [0.2, 0.25) is 0 Å². The van der Waals surface area contributed by atoms with E-state index in [0.29, 0.717) is 18.8 Å². The van der Waals surface area contributed by atoms with Crippen LogP contribution in [-0.4, -0.2) is 102 Å². The highest BCUT2D eigenvalue weighted by molar-refractivity contribution is 5.92. The standard InChI is InChI=1S/C27H38N6O3/c34-26(30-24-7-14-32(15-8-24)22-23-5-2-1-3-6-23)9-16-33(27(35)25-21-28-10-11-29-25)13-4-12-31-17-19-36-20-18-31/h1-3,5-6,10-11,21,24H,4,7-9,12-20,22H2,(H,30,34). The van der Waals surface area contributed by atoms with Gasteiger partial charge in [0.2, 0.25) is 5.91 Å². The van der Waals surface area contributed by atoms with Crippen LogP contribution in [0.4, 0.5) is 0 Å². The molecule has 0 aliphatic carbocycles. The van der Waals surface area contributed by atoms with Gasteiger partial charge in [-0.15, -0.1) is 0 Å². The van der Waals surface area contributed by atoms with Crippen molar-refractivity contribution in [2.45, 2.75) is 38.3 Å². The topological polar surface area (TPSA) is 90.9 Å². The number of likely N-dealkylation sites (tertiary alicyclic amines) is 1. The smallest absolute Gasteiger partial charge is 0.274 e. The van der Waals surface area contributed by atoms with Crippen LogP contribution in [0.15, 0.2) is 48.9 Å². The van der Waals surface area contributed by atoms with Gasteiger partial charge < -0.3 is 15.0 Å². The molecule has 36 heavy (non-hydrogen) atoms. The van der Waals surface area contributed by atoms with Gasteiger partial charge in [-0.25, -0.2) is 4.98 Å². The first-order chi connectivity index (χ1) is 17.7. The van der Waals surface area contributed by atoms with Crippen LogP contribution >= 0.6 is 0 Å². The number of amides is 2. The lowest BCUT2D eigenvalue weighted by Crippen LogP contribution is -2.45. The number of nitrogens with one attached hydrogen (secondary N) is 1. The zero-order valence-corrected chi connectivity index (χ0v) is 21.1. The van der Waals surface area contributed by atoms with Gasteiger partial charge in [-0.3, -0.25) is 24.4 Å². The molecule has 2 fully saturated rings. The second kappa shape index (κ2) is 14.0. The summed E-state index contributed by atoms with van der Waals surface area (Å²) in [5.74, 6) is -0.172. The second-order valence-corrected chi connectivity index (χ2v) is 9.54. The molecule has 2 aliphatic rings. The highest BCUT2D eigenvalue weighted by Gasteiger charge is 2.23. The van der Waals surface area contributed by atoms with E-state index in [-0.39, 0.29) is 24.3 Å². The van der Waals surface area contributed by atoms with Crippen molar-refractivity contribution in [3.05, 3.63) is 60.2 Å². The zero-order valence-electron chi connectivity index (χ0n) is 21.1. The van der Waals surface area contributed by atoms with Crippen molar-refractivity contribution in [3.63, 3.8) is 0 Å². The monoisotopic (exact) mass is 494 g/mol. The van der Waals surface area contributed by atoms with Crippen LogP contribution in [-0.2, 0) is 16.1 Å². The minimum Gasteiger partial charge on any atom is -0.379 e. The number of carbonyl (C=O) groups excluding carboxylic acids is 2. The van der Waals surface area contributed by atoms with Crippen molar-refractivity contribution in [1.82, 2.24) is 30.0 Å².